The lowest BCUT2D eigenvalue weighted by Crippen LogP contribution is -2.50. The van der Waals surface area contributed by atoms with Gasteiger partial charge in [-0.3, -0.25) is 13.9 Å². The van der Waals surface area contributed by atoms with Crippen LogP contribution in [0.15, 0.2) is 95.9 Å². The van der Waals surface area contributed by atoms with Gasteiger partial charge in [0.2, 0.25) is 11.8 Å². The van der Waals surface area contributed by atoms with Gasteiger partial charge in [0.05, 0.1) is 17.7 Å². The van der Waals surface area contributed by atoms with E-state index in [0.717, 1.165) is 29.4 Å². The zero-order valence-electron chi connectivity index (χ0n) is 25.2. The van der Waals surface area contributed by atoms with E-state index < -0.39 is 16.1 Å². The summed E-state index contributed by atoms with van der Waals surface area (Å²) in [6.45, 7) is 2.95. The number of anilines is 1. The molecule has 4 aromatic carbocycles. The second-order valence-electron chi connectivity index (χ2n) is 11.0. The molecule has 1 unspecified atom stereocenters. The summed E-state index contributed by atoms with van der Waals surface area (Å²) in [5.74, 6) is 0.240. The molecule has 1 aliphatic rings. The normalized spacial score (nSPS) is 13.9. The van der Waals surface area contributed by atoms with Gasteiger partial charge < -0.3 is 15.0 Å². The predicted octanol–water partition coefficient (Wildman–Crippen LogP) is 5.69. The van der Waals surface area contributed by atoms with Crippen molar-refractivity contribution in [3.63, 3.8) is 0 Å². The molecular formula is C35H39N3O5S. The van der Waals surface area contributed by atoms with E-state index in [9.17, 15) is 18.0 Å². The molecule has 0 aliphatic carbocycles. The first kappa shape index (κ1) is 31.1. The number of benzene rings is 4. The smallest absolute Gasteiger partial charge is 0.265 e. The molecule has 8 nitrogen and oxygen atoms in total. The monoisotopic (exact) mass is 613 g/mol. The van der Waals surface area contributed by atoms with E-state index in [1.165, 1.54) is 4.31 Å². The topological polar surface area (TPSA) is 96.0 Å². The molecule has 0 bridgehead atoms. The summed E-state index contributed by atoms with van der Waals surface area (Å²) in [6, 6.07) is 27.2. The van der Waals surface area contributed by atoms with Crippen molar-refractivity contribution in [2.75, 3.05) is 24.5 Å². The van der Waals surface area contributed by atoms with Crippen LogP contribution >= 0.6 is 0 Å². The van der Waals surface area contributed by atoms with Crippen LogP contribution in [-0.4, -0.2) is 51.4 Å². The van der Waals surface area contributed by atoms with Crippen molar-refractivity contribution < 1.29 is 22.7 Å². The van der Waals surface area contributed by atoms with Gasteiger partial charge >= 0.3 is 0 Å². The highest BCUT2D eigenvalue weighted by Crippen LogP contribution is 2.42. The maximum absolute atomic E-state index is 14.1. The highest BCUT2D eigenvalue weighted by atomic mass is 32.2. The van der Waals surface area contributed by atoms with Crippen molar-refractivity contribution in [2.24, 2.45) is 0 Å². The number of methoxy groups -OCH3 is 1. The Bertz CT molecular complexity index is 1720. The Morgan fingerprint density at radius 1 is 0.909 bits per heavy atom. The molecule has 4 aromatic rings. The van der Waals surface area contributed by atoms with Crippen LogP contribution in [0.5, 0.6) is 5.75 Å². The van der Waals surface area contributed by atoms with Gasteiger partial charge in [-0.2, -0.15) is 0 Å². The highest BCUT2D eigenvalue weighted by molar-refractivity contribution is 7.93. The molecule has 0 spiro atoms. The van der Waals surface area contributed by atoms with Gasteiger partial charge in [0.15, 0.2) is 0 Å². The summed E-state index contributed by atoms with van der Waals surface area (Å²) >= 11 is 0. The van der Waals surface area contributed by atoms with Gasteiger partial charge in [-0.1, -0.05) is 80.1 Å². The van der Waals surface area contributed by atoms with Crippen molar-refractivity contribution in [3.8, 4) is 5.75 Å². The molecule has 9 heteroatoms. The van der Waals surface area contributed by atoms with Crippen molar-refractivity contribution in [1.29, 1.82) is 0 Å². The summed E-state index contributed by atoms with van der Waals surface area (Å²) < 4.78 is 33.8. The molecule has 1 heterocycles. The number of rotatable bonds is 14. The lowest BCUT2D eigenvalue weighted by molar-refractivity contribution is -0.141. The number of ether oxygens (including phenoxy) is 1. The zero-order chi connectivity index (χ0) is 31.1. The van der Waals surface area contributed by atoms with Crippen LogP contribution in [-0.2, 0) is 32.6 Å². The number of hydrogen-bond acceptors (Lipinski definition) is 5. The molecule has 0 fully saturated rings. The van der Waals surface area contributed by atoms with Crippen LogP contribution in [0, 0.1) is 0 Å². The van der Waals surface area contributed by atoms with Gasteiger partial charge in [-0.15, -0.1) is 0 Å². The minimum absolute atomic E-state index is 0.0792. The second kappa shape index (κ2) is 13.9. The molecule has 1 atom stereocenters. The molecule has 1 aliphatic heterocycles. The largest absolute Gasteiger partial charge is 0.497 e. The summed E-state index contributed by atoms with van der Waals surface area (Å²) in [7, 11) is -2.14. The number of hydrogen-bond donors (Lipinski definition) is 1. The number of carbonyl (C=O) groups is 2. The summed E-state index contributed by atoms with van der Waals surface area (Å²) in [5.41, 5.74) is 2.41. The molecule has 2 amide bonds. The maximum Gasteiger partial charge on any atom is 0.265 e. The third-order valence-corrected chi connectivity index (χ3v) is 9.88. The van der Waals surface area contributed by atoms with Gasteiger partial charge in [0, 0.05) is 37.9 Å². The van der Waals surface area contributed by atoms with Gasteiger partial charge in [-0.05, 0) is 53.6 Å². The van der Waals surface area contributed by atoms with E-state index in [0.29, 0.717) is 41.1 Å². The molecule has 5 rings (SSSR count). The van der Waals surface area contributed by atoms with Gasteiger partial charge in [0.25, 0.3) is 10.0 Å². The quantitative estimate of drug-likeness (QED) is 0.184. The lowest BCUT2D eigenvalue weighted by Gasteiger charge is -2.32. The minimum Gasteiger partial charge on any atom is -0.497 e. The van der Waals surface area contributed by atoms with E-state index in [2.05, 4.69) is 12.2 Å². The van der Waals surface area contributed by atoms with Crippen molar-refractivity contribution in [3.05, 3.63) is 102 Å². The average Bonchev–Trinajstić information content (AvgIpc) is 3.26. The van der Waals surface area contributed by atoms with Gasteiger partial charge in [0.1, 0.15) is 11.8 Å². The van der Waals surface area contributed by atoms with E-state index in [1.54, 1.807) is 24.1 Å². The number of amides is 2. The van der Waals surface area contributed by atoms with Crippen LogP contribution in [0.25, 0.3) is 10.8 Å². The maximum atomic E-state index is 14.1. The zero-order valence-corrected chi connectivity index (χ0v) is 26.1. The van der Waals surface area contributed by atoms with Gasteiger partial charge in [-0.25, -0.2) is 8.42 Å². The van der Waals surface area contributed by atoms with Crippen LogP contribution in [0.4, 0.5) is 5.69 Å². The predicted molar refractivity (Wildman–Crippen MR) is 173 cm³/mol. The fourth-order valence-corrected chi connectivity index (χ4v) is 7.49. The second-order valence-corrected chi connectivity index (χ2v) is 12.9. The summed E-state index contributed by atoms with van der Waals surface area (Å²) in [4.78, 5) is 29.7. The molecule has 0 saturated carbocycles. The Kier molecular flexibility index (Phi) is 9.85. The third kappa shape index (κ3) is 6.73. The molecule has 0 saturated heterocycles. The summed E-state index contributed by atoms with van der Waals surface area (Å²) in [5, 5.41) is 4.62. The highest BCUT2D eigenvalue weighted by Gasteiger charge is 2.36. The Morgan fingerprint density at radius 3 is 2.39 bits per heavy atom. The van der Waals surface area contributed by atoms with Crippen LogP contribution in [0.1, 0.15) is 43.7 Å². The lowest BCUT2D eigenvalue weighted by atomic mass is 10.0. The van der Waals surface area contributed by atoms with Crippen LogP contribution in [0.2, 0.25) is 0 Å². The first-order valence-electron chi connectivity index (χ1n) is 15.1. The molecular weight excluding hydrogens is 574 g/mol. The summed E-state index contributed by atoms with van der Waals surface area (Å²) in [6.07, 6.45) is 2.51. The molecule has 0 radical (unpaired) electrons. The number of unbranched alkanes of at least 4 members (excludes halogenated alkanes) is 1. The molecule has 230 valence electrons. The van der Waals surface area contributed by atoms with E-state index in [-0.39, 0.29) is 31.3 Å². The molecule has 44 heavy (non-hydrogen) atoms. The number of nitrogens with one attached hydrogen (secondary N) is 1. The molecule has 1 N–H and O–H groups in total. The number of carbonyl (C=O) groups excluding carboxylic acids is 2. The van der Waals surface area contributed by atoms with E-state index >= 15 is 0 Å². The van der Waals surface area contributed by atoms with E-state index in [4.69, 9.17) is 4.74 Å². The fraction of sp³-hybridized carbons (Fsp3) is 0.314. The molecule has 0 aromatic heterocycles. The Hall–Kier alpha value is -4.37. The fourth-order valence-electron chi connectivity index (χ4n) is 5.74. The first-order chi connectivity index (χ1) is 21.3. The van der Waals surface area contributed by atoms with Crippen molar-refractivity contribution in [1.82, 2.24) is 10.2 Å². The SMILES string of the molecule is CCCCNC(=O)C(Cc1ccccc1)N(Cc1cccc(OC)c1)C(=O)CCCN1c2cccc3cccc(c23)S1(=O)=O. The van der Waals surface area contributed by atoms with Crippen LogP contribution in [0.3, 0.4) is 0 Å². The first-order valence-corrected chi connectivity index (χ1v) is 16.6. The standard InChI is InChI=1S/C35H39N3O5S/c1-3-4-21-36-35(40)31(24-26-12-6-5-7-13-26)37(25-27-14-8-17-29(23-27)43-2)33(39)20-11-22-38-30-18-9-15-28-16-10-19-32(34(28)30)44(38,41)42/h5-10,12-19,23,31H,3-4,11,20-22,24-25H2,1-2H3,(H,36,40). The Morgan fingerprint density at radius 2 is 1.64 bits per heavy atom. The van der Waals surface area contributed by atoms with Crippen LogP contribution < -0.4 is 14.4 Å². The van der Waals surface area contributed by atoms with E-state index in [1.807, 2.05) is 78.9 Å². The minimum atomic E-state index is -3.73. The van der Waals surface area contributed by atoms with Crippen molar-refractivity contribution in [2.45, 2.75) is 56.5 Å². The number of nitrogens with zero attached hydrogens (tertiary/aromatic N) is 2. The number of sulfonamides is 1. The third-order valence-electron chi connectivity index (χ3n) is 8.02. The average molecular weight is 614 g/mol. The Labute approximate surface area is 259 Å². The van der Waals surface area contributed by atoms with Crippen molar-refractivity contribution >= 4 is 38.3 Å². The Balaban J connectivity index is 1.39.